The maximum atomic E-state index is 11.2. The van der Waals surface area contributed by atoms with Crippen LogP contribution in [0.4, 0.5) is 0 Å². The van der Waals surface area contributed by atoms with Gasteiger partial charge in [0, 0.05) is 23.4 Å². The van der Waals surface area contributed by atoms with Gasteiger partial charge in [-0.15, -0.1) is 0 Å². The monoisotopic (exact) mass is 457 g/mol. The number of nitrogens with one attached hydrogen (secondary N) is 1. The number of ether oxygens (including phenoxy) is 2. The van der Waals surface area contributed by atoms with Crippen LogP contribution in [0.15, 0.2) is 67.0 Å². The van der Waals surface area contributed by atoms with Gasteiger partial charge in [0.1, 0.15) is 18.2 Å². The van der Waals surface area contributed by atoms with E-state index in [0.29, 0.717) is 5.88 Å². The molecule has 0 spiro atoms. The van der Waals surface area contributed by atoms with E-state index in [9.17, 15) is 9.90 Å². The van der Waals surface area contributed by atoms with Crippen LogP contribution in [0.3, 0.4) is 0 Å². The third-order valence-electron chi connectivity index (χ3n) is 5.69. The lowest BCUT2D eigenvalue weighted by molar-refractivity contribution is -0.148. The number of aliphatic carboxylic acids is 1. The van der Waals surface area contributed by atoms with Gasteiger partial charge in [-0.05, 0) is 67.8 Å². The summed E-state index contributed by atoms with van der Waals surface area (Å²) in [5.74, 6) is 1.10. The molecule has 0 amide bonds. The van der Waals surface area contributed by atoms with Gasteiger partial charge in [-0.25, -0.2) is 9.97 Å². The van der Waals surface area contributed by atoms with Crippen LogP contribution >= 0.6 is 0 Å². The van der Waals surface area contributed by atoms with Crippen LogP contribution in [-0.4, -0.2) is 39.7 Å². The van der Waals surface area contributed by atoms with Crippen molar-refractivity contribution >= 4 is 5.97 Å². The molecule has 34 heavy (non-hydrogen) atoms. The minimum absolute atomic E-state index is 0.0458. The van der Waals surface area contributed by atoms with Gasteiger partial charge in [-0.3, -0.25) is 4.79 Å². The molecule has 2 heterocycles. The van der Waals surface area contributed by atoms with Crippen LogP contribution in [0.5, 0.6) is 11.6 Å². The van der Waals surface area contributed by atoms with E-state index in [1.807, 2.05) is 55.6 Å². The Bertz CT molecular complexity index is 1290. The minimum atomic E-state index is -0.980. The van der Waals surface area contributed by atoms with Crippen molar-refractivity contribution in [3.8, 4) is 45.4 Å². The highest BCUT2D eigenvalue weighted by Crippen LogP contribution is 2.29. The predicted octanol–water partition coefficient (Wildman–Crippen LogP) is 5.61. The lowest BCUT2D eigenvalue weighted by atomic mass is 9.95. The van der Waals surface area contributed by atoms with Gasteiger partial charge >= 0.3 is 5.97 Å². The summed E-state index contributed by atoms with van der Waals surface area (Å²) in [6.45, 7) is 5.33. The zero-order chi connectivity index (χ0) is 24.3. The standard InChI is InChI=1S/C27H27N3O4/c1-17-13-19(20-8-12-24(28-14-20)34-16-27(2,3)26(31)32)7-11-22(17)25-29-15-23(30-25)18-5-9-21(33-4)10-6-18/h5-15H,16H2,1-4H3,(H,29,30)(H,31,32). The molecule has 174 valence electrons. The number of aromatic nitrogens is 3. The van der Waals surface area contributed by atoms with Gasteiger partial charge in [0.2, 0.25) is 5.88 Å². The highest BCUT2D eigenvalue weighted by Gasteiger charge is 2.28. The van der Waals surface area contributed by atoms with E-state index < -0.39 is 11.4 Å². The Labute approximate surface area is 198 Å². The lowest BCUT2D eigenvalue weighted by Gasteiger charge is -2.19. The Hall–Kier alpha value is -4.13. The van der Waals surface area contributed by atoms with E-state index >= 15 is 0 Å². The van der Waals surface area contributed by atoms with Crippen molar-refractivity contribution in [3.63, 3.8) is 0 Å². The molecule has 2 aromatic heterocycles. The van der Waals surface area contributed by atoms with E-state index in [2.05, 4.69) is 21.0 Å². The largest absolute Gasteiger partial charge is 0.497 e. The maximum absolute atomic E-state index is 11.2. The Kier molecular flexibility index (Phi) is 6.36. The van der Waals surface area contributed by atoms with Gasteiger partial charge in [0.25, 0.3) is 0 Å². The fourth-order valence-corrected chi connectivity index (χ4v) is 3.44. The van der Waals surface area contributed by atoms with Crippen LogP contribution in [0.2, 0.25) is 0 Å². The number of hydrogen-bond acceptors (Lipinski definition) is 5. The van der Waals surface area contributed by atoms with Crippen LogP contribution in [0.25, 0.3) is 33.8 Å². The van der Waals surface area contributed by atoms with Crippen molar-refractivity contribution in [1.82, 2.24) is 15.0 Å². The zero-order valence-corrected chi connectivity index (χ0v) is 19.6. The predicted molar refractivity (Wildman–Crippen MR) is 131 cm³/mol. The molecule has 0 saturated carbocycles. The number of aromatic amines is 1. The van der Waals surface area contributed by atoms with Crippen molar-refractivity contribution in [2.45, 2.75) is 20.8 Å². The van der Waals surface area contributed by atoms with Crippen LogP contribution in [0.1, 0.15) is 19.4 Å². The molecule has 0 saturated heterocycles. The van der Waals surface area contributed by atoms with E-state index in [0.717, 1.165) is 45.1 Å². The summed E-state index contributed by atoms with van der Waals surface area (Å²) >= 11 is 0. The maximum Gasteiger partial charge on any atom is 0.312 e. The highest BCUT2D eigenvalue weighted by atomic mass is 16.5. The first-order valence-electron chi connectivity index (χ1n) is 10.9. The number of carboxylic acids is 1. The molecule has 0 bridgehead atoms. The Morgan fingerprint density at radius 1 is 0.971 bits per heavy atom. The minimum Gasteiger partial charge on any atom is -0.497 e. The SMILES string of the molecule is COc1ccc(-c2cnc(-c3ccc(-c4ccc(OCC(C)(C)C(=O)O)nc4)cc3C)[nH]2)cc1. The smallest absolute Gasteiger partial charge is 0.312 e. The fourth-order valence-electron chi connectivity index (χ4n) is 3.44. The summed E-state index contributed by atoms with van der Waals surface area (Å²) in [6.07, 6.45) is 3.56. The van der Waals surface area contributed by atoms with Gasteiger partial charge in [0.05, 0.1) is 24.4 Å². The number of pyridine rings is 1. The molecule has 7 nitrogen and oxygen atoms in total. The third-order valence-corrected chi connectivity index (χ3v) is 5.69. The first-order valence-corrected chi connectivity index (χ1v) is 10.9. The second-order valence-electron chi connectivity index (χ2n) is 8.77. The van der Waals surface area contributed by atoms with Gasteiger partial charge in [-0.2, -0.15) is 0 Å². The number of carbonyl (C=O) groups is 1. The zero-order valence-electron chi connectivity index (χ0n) is 19.6. The van der Waals surface area contributed by atoms with Gasteiger partial charge < -0.3 is 19.6 Å². The van der Waals surface area contributed by atoms with Crippen LogP contribution in [-0.2, 0) is 4.79 Å². The first kappa shape index (κ1) is 23.0. The lowest BCUT2D eigenvalue weighted by Crippen LogP contribution is -2.30. The number of H-pyrrole nitrogens is 1. The molecule has 4 rings (SSSR count). The van der Waals surface area contributed by atoms with Gasteiger partial charge in [-0.1, -0.05) is 18.2 Å². The molecule has 0 aliphatic heterocycles. The number of imidazole rings is 1. The average molecular weight is 458 g/mol. The Morgan fingerprint density at radius 3 is 2.29 bits per heavy atom. The quantitative estimate of drug-likeness (QED) is 0.357. The van der Waals surface area contributed by atoms with E-state index in [4.69, 9.17) is 9.47 Å². The normalized spacial score (nSPS) is 11.3. The average Bonchev–Trinajstić information content (AvgIpc) is 3.33. The summed E-state index contributed by atoms with van der Waals surface area (Å²) in [7, 11) is 1.65. The van der Waals surface area contributed by atoms with E-state index in [1.54, 1.807) is 33.2 Å². The first-order chi connectivity index (χ1) is 16.3. The van der Waals surface area contributed by atoms with Crippen molar-refractivity contribution < 1.29 is 19.4 Å². The van der Waals surface area contributed by atoms with Crippen LogP contribution in [0, 0.1) is 12.3 Å². The van der Waals surface area contributed by atoms with E-state index in [-0.39, 0.29) is 6.61 Å². The van der Waals surface area contributed by atoms with Crippen molar-refractivity contribution in [3.05, 3.63) is 72.6 Å². The van der Waals surface area contributed by atoms with Gasteiger partial charge in [0.15, 0.2) is 0 Å². The fraction of sp³-hybridized carbons (Fsp3) is 0.222. The molecule has 0 aliphatic rings. The molecule has 0 unspecified atom stereocenters. The van der Waals surface area contributed by atoms with Crippen molar-refractivity contribution in [1.29, 1.82) is 0 Å². The molecule has 0 fully saturated rings. The summed E-state index contributed by atoms with van der Waals surface area (Å²) < 4.78 is 10.8. The molecular weight excluding hydrogens is 430 g/mol. The number of aryl methyl sites for hydroxylation is 1. The number of hydrogen-bond donors (Lipinski definition) is 2. The molecule has 2 aromatic carbocycles. The third kappa shape index (κ3) is 4.93. The second-order valence-corrected chi connectivity index (χ2v) is 8.77. The summed E-state index contributed by atoms with van der Waals surface area (Å²) in [5.41, 5.74) is 5.06. The Balaban J connectivity index is 1.49. The summed E-state index contributed by atoms with van der Waals surface area (Å²) in [6, 6.07) is 17.7. The molecule has 2 N–H and O–H groups in total. The summed E-state index contributed by atoms with van der Waals surface area (Å²) in [4.78, 5) is 23.5. The number of benzene rings is 2. The second kappa shape index (κ2) is 9.39. The molecule has 7 heteroatoms. The number of rotatable bonds is 8. The molecule has 0 atom stereocenters. The Morgan fingerprint density at radius 2 is 1.68 bits per heavy atom. The van der Waals surface area contributed by atoms with E-state index in [1.165, 1.54) is 0 Å². The molecule has 0 radical (unpaired) electrons. The van der Waals surface area contributed by atoms with Crippen LogP contribution < -0.4 is 9.47 Å². The number of carboxylic acid groups (broad SMARTS) is 1. The molecule has 4 aromatic rings. The summed E-state index contributed by atoms with van der Waals surface area (Å²) in [5, 5.41) is 9.21. The van der Waals surface area contributed by atoms with Crippen molar-refractivity contribution in [2.75, 3.05) is 13.7 Å². The number of nitrogens with zero attached hydrogens (tertiary/aromatic N) is 2. The highest BCUT2D eigenvalue weighted by molar-refractivity contribution is 5.74. The number of methoxy groups -OCH3 is 1. The topological polar surface area (TPSA) is 97.3 Å². The molecule has 0 aliphatic carbocycles. The molecular formula is C27H27N3O4. The van der Waals surface area contributed by atoms with Crippen molar-refractivity contribution in [2.24, 2.45) is 5.41 Å².